The molecule has 0 aromatic heterocycles. The van der Waals surface area contributed by atoms with Crippen LogP contribution in [0.2, 0.25) is 0 Å². The van der Waals surface area contributed by atoms with Crippen LogP contribution in [0.3, 0.4) is 0 Å². The van der Waals surface area contributed by atoms with E-state index in [-0.39, 0.29) is 23.8 Å². The summed E-state index contributed by atoms with van der Waals surface area (Å²) in [6.45, 7) is 3.07. The minimum Gasteiger partial charge on any atom is -0.479 e. The number of rotatable bonds is 8. The molecule has 0 fully saturated rings. The molecule has 2 N–H and O–H groups in total. The fraction of sp³-hybridized carbons (Fsp3) is 0.467. The highest BCUT2D eigenvalue weighted by atomic mass is 32.2. The molecule has 0 aliphatic rings. The summed E-state index contributed by atoms with van der Waals surface area (Å²) in [5.74, 6) is -1.52. The Bertz CT molecular complexity index is 651. The zero-order chi connectivity index (χ0) is 17.6. The molecule has 0 saturated carbocycles. The van der Waals surface area contributed by atoms with Gasteiger partial charge in [-0.05, 0) is 31.5 Å². The zero-order valence-corrected chi connectivity index (χ0v) is 14.1. The highest BCUT2D eigenvalue weighted by Crippen LogP contribution is 2.16. The number of ether oxygens (including phenoxy) is 1. The monoisotopic (exact) mass is 343 g/mol. The molecule has 1 rings (SSSR count). The lowest BCUT2D eigenvalue weighted by Crippen LogP contribution is -2.38. The molecule has 1 atom stereocenters. The molecule has 8 heteroatoms. The number of carbonyl (C=O) groups is 2. The number of benzene rings is 1. The van der Waals surface area contributed by atoms with Crippen molar-refractivity contribution in [2.24, 2.45) is 0 Å². The van der Waals surface area contributed by atoms with Crippen LogP contribution in [-0.2, 0) is 30.6 Å². The summed E-state index contributed by atoms with van der Waals surface area (Å²) in [6.07, 6.45) is -1.07. The Morgan fingerprint density at radius 3 is 2.22 bits per heavy atom. The molecule has 0 heterocycles. The second-order valence-corrected chi connectivity index (χ2v) is 7.79. The van der Waals surface area contributed by atoms with Gasteiger partial charge in [-0.2, -0.15) is 0 Å². The van der Waals surface area contributed by atoms with Gasteiger partial charge in [0.1, 0.15) is 0 Å². The van der Waals surface area contributed by atoms with E-state index in [1.165, 1.54) is 19.2 Å². The Morgan fingerprint density at radius 1 is 1.22 bits per heavy atom. The number of methoxy groups -OCH3 is 1. The number of carboxylic acids is 1. The van der Waals surface area contributed by atoms with Gasteiger partial charge in [-0.25, -0.2) is 13.2 Å². The largest absolute Gasteiger partial charge is 0.479 e. The van der Waals surface area contributed by atoms with E-state index < -0.39 is 27.2 Å². The summed E-state index contributed by atoms with van der Waals surface area (Å²) in [7, 11) is -2.09. The Labute approximate surface area is 135 Å². The fourth-order valence-corrected chi connectivity index (χ4v) is 2.85. The molecule has 1 aromatic carbocycles. The molecule has 23 heavy (non-hydrogen) atoms. The van der Waals surface area contributed by atoms with Crippen molar-refractivity contribution in [2.45, 2.75) is 36.5 Å². The Balaban J connectivity index is 2.65. The van der Waals surface area contributed by atoms with E-state index in [4.69, 9.17) is 9.84 Å². The number of nitrogens with one attached hydrogen (secondary N) is 1. The minimum absolute atomic E-state index is 0.0259. The highest BCUT2D eigenvalue weighted by molar-refractivity contribution is 7.92. The second-order valence-electron chi connectivity index (χ2n) is 5.28. The first-order chi connectivity index (χ1) is 10.7. The van der Waals surface area contributed by atoms with Crippen molar-refractivity contribution in [1.82, 2.24) is 5.32 Å². The van der Waals surface area contributed by atoms with Gasteiger partial charge in [0.25, 0.3) is 0 Å². The molecule has 1 amide bonds. The summed E-state index contributed by atoms with van der Waals surface area (Å²) in [4.78, 5) is 22.7. The number of amides is 1. The standard InChI is InChI=1S/C15H21NO6S/c1-10(2)23(20,21)12-6-4-11(5-7-12)8-14(17)16-9-13(22-3)15(18)19/h4-7,10,13H,8-9H2,1-3H3,(H,16,17)(H,18,19). The van der Waals surface area contributed by atoms with Gasteiger partial charge in [0.15, 0.2) is 15.9 Å². The molecule has 1 unspecified atom stereocenters. The van der Waals surface area contributed by atoms with E-state index in [9.17, 15) is 18.0 Å². The number of sulfone groups is 1. The number of hydrogen-bond acceptors (Lipinski definition) is 5. The Morgan fingerprint density at radius 2 is 1.78 bits per heavy atom. The number of hydrogen-bond donors (Lipinski definition) is 2. The van der Waals surface area contributed by atoms with Gasteiger partial charge >= 0.3 is 5.97 Å². The quantitative estimate of drug-likeness (QED) is 0.716. The fourth-order valence-electron chi connectivity index (χ4n) is 1.80. The molecular formula is C15H21NO6S. The molecule has 0 radical (unpaired) electrons. The zero-order valence-electron chi connectivity index (χ0n) is 13.3. The third-order valence-electron chi connectivity index (χ3n) is 3.28. The molecule has 0 saturated heterocycles. The Kier molecular flexibility index (Phi) is 6.71. The average molecular weight is 343 g/mol. The van der Waals surface area contributed by atoms with Crippen LogP contribution in [0.1, 0.15) is 19.4 Å². The lowest BCUT2D eigenvalue weighted by Gasteiger charge is -2.12. The summed E-state index contributed by atoms with van der Waals surface area (Å²) in [5.41, 5.74) is 0.634. The van der Waals surface area contributed by atoms with Crippen LogP contribution in [0.5, 0.6) is 0 Å². The van der Waals surface area contributed by atoms with Gasteiger partial charge in [-0.15, -0.1) is 0 Å². The third kappa shape index (κ3) is 5.33. The normalized spacial score (nSPS) is 12.9. The van der Waals surface area contributed by atoms with Crippen LogP contribution in [-0.4, -0.2) is 50.4 Å². The van der Waals surface area contributed by atoms with Crippen molar-refractivity contribution in [3.63, 3.8) is 0 Å². The Hall–Kier alpha value is -1.93. The predicted molar refractivity (Wildman–Crippen MR) is 83.9 cm³/mol. The molecule has 7 nitrogen and oxygen atoms in total. The summed E-state index contributed by atoms with van der Waals surface area (Å²) in [5, 5.41) is 10.7. The summed E-state index contributed by atoms with van der Waals surface area (Å²) >= 11 is 0. The van der Waals surface area contributed by atoms with E-state index >= 15 is 0 Å². The molecule has 0 spiro atoms. The van der Waals surface area contributed by atoms with Crippen LogP contribution < -0.4 is 5.32 Å². The second kappa shape index (κ2) is 8.07. The molecule has 0 bridgehead atoms. The lowest BCUT2D eigenvalue weighted by molar-refractivity contribution is -0.148. The van der Waals surface area contributed by atoms with E-state index in [0.29, 0.717) is 5.56 Å². The van der Waals surface area contributed by atoms with E-state index in [2.05, 4.69) is 5.32 Å². The maximum Gasteiger partial charge on any atom is 0.334 e. The number of carboxylic acid groups (broad SMARTS) is 1. The van der Waals surface area contributed by atoms with Gasteiger partial charge < -0.3 is 15.2 Å². The predicted octanol–water partition coefficient (Wildman–Crippen LogP) is 0.627. The van der Waals surface area contributed by atoms with Crippen molar-refractivity contribution in [2.75, 3.05) is 13.7 Å². The summed E-state index contributed by atoms with van der Waals surface area (Å²) in [6, 6.07) is 6.07. The molecule has 128 valence electrons. The molecule has 0 aliphatic carbocycles. The molecule has 0 aliphatic heterocycles. The smallest absolute Gasteiger partial charge is 0.334 e. The van der Waals surface area contributed by atoms with Crippen molar-refractivity contribution >= 4 is 21.7 Å². The topological polar surface area (TPSA) is 110 Å². The van der Waals surface area contributed by atoms with Gasteiger partial charge in [-0.3, -0.25) is 4.79 Å². The van der Waals surface area contributed by atoms with Gasteiger partial charge in [0.05, 0.1) is 23.1 Å². The van der Waals surface area contributed by atoms with Crippen LogP contribution in [0.4, 0.5) is 0 Å². The van der Waals surface area contributed by atoms with Crippen molar-refractivity contribution in [1.29, 1.82) is 0 Å². The minimum atomic E-state index is -3.34. The SMILES string of the molecule is COC(CNC(=O)Cc1ccc(S(=O)(=O)C(C)C)cc1)C(=O)O. The molecule has 1 aromatic rings. The third-order valence-corrected chi connectivity index (χ3v) is 5.45. The van der Waals surface area contributed by atoms with Crippen LogP contribution in [0, 0.1) is 0 Å². The first-order valence-corrected chi connectivity index (χ1v) is 8.58. The maximum absolute atomic E-state index is 12.0. The lowest BCUT2D eigenvalue weighted by atomic mass is 10.1. The first-order valence-electron chi connectivity index (χ1n) is 7.03. The number of aliphatic carboxylic acids is 1. The van der Waals surface area contributed by atoms with Crippen molar-refractivity contribution < 1.29 is 27.9 Å². The van der Waals surface area contributed by atoms with Gasteiger partial charge in [0.2, 0.25) is 5.91 Å². The van der Waals surface area contributed by atoms with E-state index in [0.717, 1.165) is 0 Å². The van der Waals surface area contributed by atoms with Gasteiger partial charge in [0, 0.05) is 7.11 Å². The van der Waals surface area contributed by atoms with Gasteiger partial charge in [-0.1, -0.05) is 12.1 Å². The highest BCUT2D eigenvalue weighted by Gasteiger charge is 2.19. The van der Waals surface area contributed by atoms with Crippen molar-refractivity contribution in [3.05, 3.63) is 29.8 Å². The first kappa shape index (κ1) is 19.1. The maximum atomic E-state index is 12.0. The van der Waals surface area contributed by atoms with Crippen molar-refractivity contribution in [3.8, 4) is 0 Å². The van der Waals surface area contributed by atoms with E-state index in [1.54, 1.807) is 26.0 Å². The number of carbonyl (C=O) groups excluding carboxylic acids is 1. The van der Waals surface area contributed by atoms with Crippen LogP contribution in [0.15, 0.2) is 29.2 Å². The molecular weight excluding hydrogens is 322 g/mol. The average Bonchev–Trinajstić information content (AvgIpc) is 2.47. The summed E-state index contributed by atoms with van der Waals surface area (Å²) < 4.78 is 28.7. The van der Waals surface area contributed by atoms with E-state index in [1.807, 2.05) is 0 Å². The van der Waals surface area contributed by atoms with Crippen LogP contribution >= 0.6 is 0 Å². The van der Waals surface area contributed by atoms with Crippen LogP contribution in [0.25, 0.3) is 0 Å².